The second kappa shape index (κ2) is 4.24. The van der Waals surface area contributed by atoms with Crippen LogP contribution in [0.4, 0.5) is 10.7 Å². The maximum Gasteiger partial charge on any atom is 0.433 e. The lowest BCUT2D eigenvalue weighted by Crippen LogP contribution is -2.27. The van der Waals surface area contributed by atoms with Crippen LogP contribution >= 0.6 is 0 Å². The van der Waals surface area contributed by atoms with Crippen LogP contribution in [0, 0.1) is 10.1 Å². The summed E-state index contributed by atoms with van der Waals surface area (Å²) >= 11 is 0. The first-order chi connectivity index (χ1) is 8.08. The Balaban J connectivity index is 2.09. The van der Waals surface area contributed by atoms with Gasteiger partial charge in [-0.2, -0.15) is 5.10 Å². The predicted molar refractivity (Wildman–Crippen MR) is 57.7 cm³/mol. The maximum atomic E-state index is 11.3. The van der Waals surface area contributed by atoms with Gasteiger partial charge in [0.15, 0.2) is 5.76 Å². The Morgan fingerprint density at radius 3 is 3.00 bits per heavy atom. The van der Waals surface area contributed by atoms with Gasteiger partial charge in [0.1, 0.15) is 4.92 Å². The zero-order valence-corrected chi connectivity index (χ0v) is 8.99. The highest BCUT2D eigenvalue weighted by Gasteiger charge is 2.26. The minimum atomic E-state index is -0.636. The van der Waals surface area contributed by atoms with Crippen molar-refractivity contribution in [2.24, 2.45) is 5.10 Å². The van der Waals surface area contributed by atoms with Crippen molar-refractivity contribution in [1.82, 2.24) is 10.3 Å². The van der Waals surface area contributed by atoms with Crippen LogP contribution in [0.15, 0.2) is 21.7 Å². The third-order valence-corrected chi connectivity index (χ3v) is 2.28. The first-order valence-corrected chi connectivity index (χ1v) is 4.93. The van der Waals surface area contributed by atoms with E-state index < -0.39 is 4.92 Å². The molecule has 8 nitrogen and oxygen atoms in total. The Labute approximate surface area is 96.0 Å². The van der Waals surface area contributed by atoms with E-state index in [0.717, 1.165) is 0 Å². The highest BCUT2D eigenvalue weighted by Crippen LogP contribution is 2.14. The van der Waals surface area contributed by atoms with E-state index in [1.54, 1.807) is 0 Å². The minimum Gasteiger partial charge on any atom is -0.400 e. The number of nitrogens with zero attached hydrogens (tertiary/aromatic N) is 3. The molecule has 0 spiro atoms. The van der Waals surface area contributed by atoms with E-state index in [9.17, 15) is 14.9 Å². The van der Waals surface area contributed by atoms with Gasteiger partial charge in [0.2, 0.25) is 0 Å². The summed E-state index contributed by atoms with van der Waals surface area (Å²) < 4.78 is 4.87. The molecule has 17 heavy (non-hydrogen) atoms. The summed E-state index contributed by atoms with van der Waals surface area (Å²) in [5.74, 6) is -0.131. The number of hydrogen-bond donors (Lipinski definition) is 1. The van der Waals surface area contributed by atoms with Crippen LogP contribution in [0.1, 0.15) is 12.7 Å². The fraction of sp³-hybridized carbons (Fsp3) is 0.333. The van der Waals surface area contributed by atoms with E-state index in [0.29, 0.717) is 6.54 Å². The van der Waals surface area contributed by atoms with Crippen molar-refractivity contribution in [2.75, 3.05) is 6.54 Å². The van der Waals surface area contributed by atoms with Gasteiger partial charge >= 0.3 is 11.9 Å². The summed E-state index contributed by atoms with van der Waals surface area (Å²) in [5, 5.41) is 18.2. The third kappa shape index (κ3) is 2.25. The smallest absolute Gasteiger partial charge is 0.400 e. The Morgan fingerprint density at radius 2 is 2.47 bits per heavy atom. The summed E-state index contributed by atoms with van der Waals surface area (Å²) in [6, 6.07) is 2.30. The Morgan fingerprint density at radius 1 is 1.71 bits per heavy atom. The van der Waals surface area contributed by atoms with Gasteiger partial charge in [0, 0.05) is 6.54 Å². The molecule has 1 aromatic rings. The van der Waals surface area contributed by atoms with Gasteiger partial charge in [-0.1, -0.05) is 0 Å². The lowest BCUT2D eigenvalue weighted by atomic mass is 10.4. The lowest BCUT2D eigenvalue weighted by Gasteiger charge is -2.11. The second-order valence-corrected chi connectivity index (χ2v) is 3.56. The van der Waals surface area contributed by atoms with E-state index >= 15 is 0 Å². The van der Waals surface area contributed by atoms with Crippen molar-refractivity contribution in [3.63, 3.8) is 0 Å². The molecule has 1 atom stereocenters. The predicted octanol–water partition coefficient (Wildman–Crippen LogP) is 0.935. The molecule has 0 aromatic carbocycles. The molecule has 0 aliphatic carbocycles. The summed E-state index contributed by atoms with van der Waals surface area (Å²) in [6.45, 7) is 2.36. The largest absolute Gasteiger partial charge is 0.433 e. The van der Waals surface area contributed by atoms with Crippen LogP contribution in [-0.4, -0.2) is 34.8 Å². The fourth-order valence-corrected chi connectivity index (χ4v) is 1.40. The zero-order valence-electron chi connectivity index (χ0n) is 8.99. The van der Waals surface area contributed by atoms with E-state index in [4.69, 9.17) is 4.42 Å². The second-order valence-electron chi connectivity index (χ2n) is 3.56. The molecule has 0 bridgehead atoms. The van der Waals surface area contributed by atoms with E-state index in [1.165, 1.54) is 23.4 Å². The van der Waals surface area contributed by atoms with E-state index in [1.807, 2.05) is 6.92 Å². The first-order valence-electron chi connectivity index (χ1n) is 4.93. The standard InChI is InChI=1S/C9H10N4O4/c1-6-4-10-9(14)12(6)11-5-7-2-3-8(17-7)13(15)16/h2-3,5-6H,4H2,1H3,(H,10,14)/b11-5+. The number of amides is 2. The number of carbonyl (C=O) groups is 1. The molecule has 0 radical (unpaired) electrons. The van der Waals surface area contributed by atoms with Crippen LogP contribution < -0.4 is 5.32 Å². The third-order valence-electron chi connectivity index (χ3n) is 2.28. The molecule has 1 saturated heterocycles. The van der Waals surface area contributed by atoms with Gasteiger partial charge in [-0.3, -0.25) is 10.1 Å². The molecule has 2 amide bonds. The van der Waals surface area contributed by atoms with Crippen molar-refractivity contribution < 1.29 is 14.1 Å². The van der Waals surface area contributed by atoms with E-state index in [2.05, 4.69) is 10.4 Å². The highest BCUT2D eigenvalue weighted by atomic mass is 16.6. The molecule has 1 aromatic heterocycles. The number of hydrogen-bond acceptors (Lipinski definition) is 5. The normalized spacial score (nSPS) is 19.9. The number of furan rings is 1. The maximum absolute atomic E-state index is 11.3. The molecule has 0 saturated carbocycles. The zero-order chi connectivity index (χ0) is 12.4. The average Bonchev–Trinajstić information content (AvgIpc) is 2.85. The Hall–Kier alpha value is -2.38. The molecular weight excluding hydrogens is 228 g/mol. The first kappa shape index (κ1) is 11.1. The van der Waals surface area contributed by atoms with Gasteiger partial charge in [-0.05, 0) is 13.0 Å². The number of nitro groups is 1. The van der Waals surface area contributed by atoms with Crippen molar-refractivity contribution in [2.45, 2.75) is 13.0 Å². The van der Waals surface area contributed by atoms with Crippen molar-refractivity contribution in [3.8, 4) is 0 Å². The Kier molecular flexibility index (Phi) is 2.77. The van der Waals surface area contributed by atoms with Crippen molar-refractivity contribution in [3.05, 3.63) is 28.0 Å². The van der Waals surface area contributed by atoms with Gasteiger partial charge < -0.3 is 9.73 Å². The summed E-state index contributed by atoms with van der Waals surface area (Å²) in [7, 11) is 0. The number of nitrogens with one attached hydrogen (secondary N) is 1. The van der Waals surface area contributed by atoms with Gasteiger partial charge in [-0.15, -0.1) is 0 Å². The van der Waals surface area contributed by atoms with Gasteiger partial charge in [0.25, 0.3) is 0 Å². The SMILES string of the molecule is CC1CNC(=O)N1/N=C/c1ccc([N+](=O)[O-])o1. The molecule has 2 heterocycles. The minimum absolute atomic E-state index is 0.0521. The molecule has 1 fully saturated rings. The fourth-order valence-electron chi connectivity index (χ4n) is 1.40. The number of carbonyl (C=O) groups excluding carboxylic acids is 1. The molecule has 8 heteroatoms. The van der Waals surface area contributed by atoms with E-state index in [-0.39, 0.29) is 23.7 Å². The number of rotatable bonds is 3. The number of urea groups is 1. The average molecular weight is 238 g/mol. The number of hydrazone groups is 1. The topological polar surface area (TPSA) is 101 Å². The molecule has 2 rings (SSSR count). The molecule has 1 N–H and O–H groups in total. The summed E-state index contributed by atoms with van der Waals surface area (Å²) in [5.41, 5.74) is 0. The Bertz CT molecular complexity index is 481. The monoisotopic (exact) mass is 238 g/mol. The van der Waals surface area contributed by atoms with Gasteiger partial charge in [-0.25, -0.2) is 9.80 Å². The van der Waals surface area contributed by atoms with Crippen molar-refractivity contribution >= 4 is 18.1 Å². The van der Waals surface area contributed by atoms with Crippen LogP contribution in [0.2, 0.25) is 0 Å². The molecule has 1 unspecified atom stereocenters. The lowest BCUT2D eigenvalue weighted by molar-refractivity contribution is -0.402. The highest BCUT2D eigenvalue weighted by molar-refractivity contribution is 5.81. The van der Waals surface area contributed by atoms with Crippen LogP contribution in [-0.2, 0) is 0 Å². The van der Waals surface area contributed by atoms with Crippen LogP contribution in [0.25, 0.3) is 0 Å². The summed E-state index contributed by atoms with van der Waals surface area (Å²) in [4.78, 5) is 21.0. The van der Waals surface area contributed by atoms with Gasteiger partial charge in [0.05, 0.1) is 18.3 Å². The molecule has 1 aliphatic heterocycles. The van der Waals surface area contributed by atoms with Crippen LogP contribution in [0.3, 0.4) is 0 Å². The van der Waals surface area contributed by atoms with Crippen molar-refractivity contribution in [1.29, 1.82) is 0 Å². The summed E-state index contributed by atoms with van der Waals surface area (Å²) in [6.07, 6.45) is 1.27. The van der Waals surface area contributed by atoms with Crippen LogP contribution in [0.5, 0.6) is 0 Å². The quantitative estimate of drug-likeness (QED) is 0.481. The molecular formula is C9H10N4O4. The molecule has 1 aliphatic rings. The molecule has 90 valence electrons.